The van der Waals surface area contributed by atoms with E-state index in [9.17, 15) is 9.59 Å². The Morgan fingerprint density at radius 2 is 1.56 bits per heavy atom. The molecule has 0 saturated heterocycles. The van der Waals surface area contributed by atoms with Gasteiger partial charge in [-0.3, -0.25) is 9.59 Å². The lowest BCUT2D eigenvalue weighted by molar-refractivity contribution is -0.107. The van der Waals surface area contributed by atoms with Crippen molar-refractivity contribution in [3.05, 3.63) is 89.5 Å². The standard InChI is InChI=1S/C29H28N2O5/c1-19-13-14-20-9-5-6-10-22(20)23(19)17-31(18-32)25-12-8-7-11-24(25)30-29(33)21-15-26(34-2)28(36-4)27(16-21)35-3/h5-16,18H,17H2,1-4H3,(H,30,33). The second-order valence-electron chi connectivity index (χ2n) is 8.20. The SMILES string of the molecule is COc1cc(C(=O)Nc2ccccc2N(C=O)Cc2c(C)ccc3ccccc23)cc(OC)c1OC. The largest absolute Gasteiger partial charge is 0.493 e. The van der Waals surface area contributed by atoms with E-state index in [4.69, 9.17) is 14.2 Å². The van der Waals surface area contributed by atoms with Crippen LogP contribution in [0.3, 0.4) is 0 Å². The number of rotatable bonds is 9. The van der Waals surface area contributed by atoms with Crippen LogP contribution in [0.5, 0.6) is 17.2 Å². The fourth-order valence-electron chi connectivity index (χ4n) is 4.24. The minimum Gasteiger partial charge on any atom is -0.493 e. The fourth-order valence-corrected chi connectivity index (χ4v) is 4.24. The lowest BCUT2D eigenvalue weighted by atomic mass is 9.99. The van der Waals surface area contributed by atoms with Gasteiger partial charge in [0.15, 0.2) is 11.5 Å². The summed E-state index contributed by atoms with van der Waals surface area (Å²) in [6.07, 6.45) is 0.783. The van der Waals surface area contributed by atoms with Crippen LogP contribution in [0, 0.1) is 6.92 Å². The van der Waals surface area contributed by atoms with E-state index in [-0.39, 0.29) is 5.91 Å². The highest BCUT2D eigenvalue weighted by Crippen LogP contribution is 2.38. The average molecular weight is 485 g/mol. The van der Waals surface area contributed by atoms with Gasteiger partial charge in [-0.25, -0.2) is 0 Å². The first-order valence-electron chi connectivity index (χ1n) is 11.4. The molecular formula is C29H28N2O5. The number of ether oxygens (including phenoxy) is 3. The van der Waals surface area contributed by atoms with Gasteiger partial charge in [-0.05, 0) is 53.1 Å². The molecule has 0 fully saturated rings. The molecule has 0 bridgehead atoms. The summed E-state index contributed by atoms with van der Waals surface area (Å²) in [7, 11) is 4.49. The van der Waals surface area contributed by atoms with Gasteiger partial charge in [0, 0.05) is 5.56 Å². The van der Waals surface area contributed by atoms with Crippen molar-refractivity contribution in [1.29, 1.82) is 0 Å². The summed E-state index contributed by atoms with van der Waals surface area (Å²) in [6, 6.07) is 22.6. The van der Waals surface area contributed by atoms with E-state index in [0.717, 1.165) is 28.3 Å². The zero-order chi connectivity index (χ0) is 25.7. The van der Waals surface area contributed by atoms with E-state index in [0.29, 0.717) is 40.7 Å². The van der Waals surface area contributed by atoms with E-state index in [1.165, 1.54) is 21.3 Å². The van der Waals surface area contributed by atoms with Crippen LogP contribution in [0.25, 0.3) is 10.8 Å². The van der Waals surface area contributed by atoms with Gasteiger partial charge < -0.3 is 24.4 Å². The maximum atomic E-state index is 13.2. The van der Waals surface area contributed by atoms with Crippen LogP contribution in [0.4, 0.5) is 11.4 Å². The van der Waals surface area contributed by atoms with Gasteiger partial charge in [-0.2, -0.15) is 0 Å². The highest BCUT2D eigenvalue weighted by atomic mass is 16.5. The zero-order valence-corrected chi connectivity index (χ0v) is 20.7. The highest BCUT2D eigenvalue weighted by molar-refractivity contribution is 6.07. The van der Waals surface area contributed by atoms with Crippen molar-refractivity contribution in [3.8, 4) is 17.2 Å². The third-order valence-electron chi connectivity index (χ3n) is 6.12. The van der Waals surface area contributed by atoms with Crippen LogP contribution in [0.15, 0.2) is 72.8 Å². The Morgan fingerprint density at radius 1 is 0.889 bits per heavy atom. The maximum Gasteiger partial charge on any atom is 0.255 e. The topological polar surface area (TPSA) is 77.1 Å². The van der Waals surface area contributed by atoms with Crippen molar-refractivity contribution in [3.63, 3.8) is 0 Å². The van der Waals surface area contributed by atoms with Crippen LogP contribution in [0.1, 0.15) is 21.5 Å². The second kappa shape index (κ2) is 10.8. The third kappa shape index (κ3) is 4.81. The Balaban J connectivity index is 1.67. The number of hydrogen-bond acceptors (Lipinski definition) is 5. The summed E-state index contributed by atoms with van der Waals surface area (Å²) in [5.41, 5.74) is 3.54. The Labute approximate surface area is 210 Å². The summed E-state index contributed by atoms with van der Waals surface area (Å²) in [5, 5.41) is 5.12. The molecule has 4 rings (SSSR count). The molecule has 7 heteroatoms. The molecule has 0 radical (unpaired) electrons. The average Bonchev–Trinajstić information content (AvgIpc) is 2.92. The summed E-state index contributed by atoms with van der Waals surface area (Å²) in [4.78, 5) is 27.1. The van der Waals surface area contributed by atoms with Crippen LogP contribution in [-0.4, -0.2) is 33.6 Å². The molecule has 4 aromatic rings. The number of anilines is 2. The predicted molar refractivity (Wildman–Crippen MR) is 141 cm³/mol. The molecule has 0 spiro atoms. The first-order valence-corrected chi connectivity index (χ1v) is 11.4. The molecule has 2 amide bonds. The molecule has 4 aromatic carbocycles. The monoisotopic (exact) mass is 484 g/mol. The van der Waals surface area contributed by atoms with Gasteiger partial charge in [0.2, 0.25) is 12.2 Å². The molecule has 0 aliphatic heterocycles. The lowest BCUT2D eigenvalue weighted by Gasteiger charge is -2.23. The number of methoxy groups -OCH3 is 3. The number of nitrogens with zero attached hydrogens (tertiary/aromatic N) is 1. The summed E-state index contributed by atoms with van der Waals surface area (Å²) < 4.78 is 16.1. The Bertz CT molecular complexity index is 1390. The number of aryl methyl sites for hydroxylation is 1. The molecule has 0 aliphatic rings. The number of carbonyl (C=O) groups is 2. The van der Waals surface area contributed by atoms with E-state index in [2.05, 4.69) is 29.6 Å². The lowest BCUT2D eigenvalue weighted by Crippen LogP contribution is -2.23. The zero-order valence-electron chi connectivity index (χ0n) is 20.7. The molecule has 0 aromatic heterocycles. The van der Waals surface area contributed by atoms with Gasteiger partial charge in [0.25, 0.3) is 5.91 Å². The van der Waals surface area contributed by atoms with Gasteiger partial charge >= 0.3 is 0 Å². The molecule has 0 unspecified atom stereocenters. The number of para-hydroxylation sites is 2. The smallest absolute Gasteiger partial charge is 0.255 e. The number of amides is 2. The molecule has 7 nitrogen and oxygen atoms in total. The molecule has 36 heavy (non-hydrogen) atoms. The molecule has 0 heterocycles. The third-order valence-corrected chi connectivity index (χ3v) is 6.12. The Morgan fingerprint density at radius 3 is 2.22 bits per heavy atom. The van der Waals surface area contributed by atoms with Crippen molar-refractivity contribution in [1.82, 2.24) is 0 Å². The number of nitrogens with one attached hydrogen (secondary N) is 1. The second-order valence-corrected chi connectivity index (χ2v) is 8.20. The van der Waals surface area contributed by atoms with Gasteiger partial charge in [0.05, 0.1) is 39.2 Å². The van der Waals surface area contributed by atoms with Crippen molar-refractivity contribution >= 4 is 34.5 Å². The number of hydrogen-bond donors (Lipinski definition) is 1. The van der Waals surface area contributed by atoms with Crippen molar-refractivity contribution < 1.29 is 23.8 Å². The number of benzene rings is 4. The maximum absolute atomic E-state index is 13.2. The van der Waals surface area contributed by atoms with Crippen LogP contribution in [0.2, 0.25) is 0 Å². The van der Waals surface area contributed by atoms with Crippen LogP contribution in [-0.2, 0) is 11.3 Å². The first-order chi connectivity index (χ1) is 17.5. The van der Waals surface area contributed by atoms with Crippen molar-refractivity contribution in [2.45, 2.75) is 13.5 Å². The van der Waals surface area contributed by atoms with Crippen LogP contribution < -0.4 is 24.4 Å². The molecule has 0 atom stereocenters. The van der Waals surface area contributed by atoms with Gasteiger partial charge in [-0.1, -0.05) is 48.5 Å². The van der Waals surface area contributed by atoms with E-state index in [1.807, 2.05) is 25.1 Å². The summed E-state index contributed by atoms with van der Waals surface area (Å²) in [5.74, 6) is 0.760. The minimum atomic E-state index is -0.381. The number of carbonyl (C=O) groups excluding carboxylic acids is 2. The molecule has 0 saturated carbocycles. The Hall–Kier alpha value is -4.52. The highest BCUT2D eigenvalue weighted by Gasteiger charge is 2.19. The van der Waals surface area contributed by atoms with E-state index >= 15 is 0 Å². The van der Waals surface area contributed by atoms with Crippen molar-refractivity contribution in [2.75, 3.05) is 31.5 Å². The molecule has 0 aliphatic carbocycles. The summed E-state index contributed by atoms with van der Waals surface area (Å²) in [6.45, 7) is 2.39. The minimum absolute atomic E-state index is 0.321. The van der Waals surface area contributed by atoms with Crippen LogP contribution >= 0.6 is 0 Å². The fraction of sp³-hybridized carbons (Fsp3) is 0.172. The Kier molecular flexibility index (Phi) is 7.39. The van der Waals surface area contributed by atoms with Crippen molar-refractivity contribution in [2.24, 2.45) is 0 Å². The number of fused-ring (bicyclic) bond motifs is 1. The summed E-state index contributed by atoms with van der Waals surface area (Å²) >= 11 is 0. The molecule has 1 N–H and O–H groups in total. The predicted octanol–water partition coefficient (Wildman–Crippen LogP) is 5.59. The quantitative estimate of drug-likeness (QED) is 0.314. The normalized spacial score (nSPS) is 10.6. The molecule has 184 valence electrons. The van der Waals surface area contributed by atoms with E-state index < -0.39 is 0 Å². The first kappa shape index (κ1) is 24.6. The van der Waals surface area contributed by atoms with Gasteiger partial charge in [-0.15, -0.1) is 0 Å². The molecular weight excluding hydrogens is 456 g/mol. The van der Waals surface area contributed by atoms with E-state index in [1.54, 1.807) is 35.2 Å². The van der Waals surface area contributed by atoms with Gasteiger partial charge in [0.1, 0.15) is 0 Å².